The topological polar surface area (TPSA) is 134 Å². The number of hydrogen-bond donors (Lipinski definition) is 4. The van der Waals surface area contributed by atoms with E-state index < -0.39 is 5.97 Å². The highest BCUT2D eigenvalue weighted by atomic mass is 16.4. The van der Waals surface area contributed by atoms with Crippen molar-refractivity contribution in [1.29, 1.82) is 5.41 Å². The molecule has 3 aromatic rings. The smallest absolute Gasteiger partial charge is 0.303 e. The highest BCUT2D eigenvalue weighted by molar-refractivity contribution is 5.95. The summed E-state index contributed by atoms with van der Waals surface area (Å²) in [6.45, 7) is 0. The van der Waals surface area contributed by atoms with E-state index >= 15 is 0 Å². The molecule has 0 aliphatic rings. The third kappa shape index (κ3) is 3.86. The standard InChI is InChI=1S/C18H17N5O3/c19-18(20)12-3-1-11(2-4-12)14-10-23-8-7-13(9-15(23)22-14)21-16(24)5-6-17(25)26/h1-4,7-10H,5-6H2,(H3,19,20)(H,21,24)(H,25,26). The molecule has 0 bridgehead atoms. The van der Waals surface area contributed by atoms with Gasteiger partial charge in [0.25, 0.3) is 0 Å². The van der Waals surface area contributed by atoms with Gasteiger partial charge < -0.3 is 20.6 Å². The summed E-state index contributed by atoms with van der Waals surface area (Å²) in [4.78, 5) is 26.8. The van der Waals surface area contributed by atoms with Gasteiger partial charge in [0.05, 0.1) is 12.1 Å². The molecule has 5 N–H and O–H groups in total. The lowest BCUT2D eigenvalue weighted by molar-refractivity contribution is -0.138. The number of nitrogens with one attached hydrogen (secondary N) is 2. The molecule has 0 saturated heterocycles. The summed E-state index contributed by atoms with van der Waals surface area (Å²) in [5, 5.41) is 18.7. The lowest BCUT2D eigenvalue weighted by Gasteiger charge is -2.04. The van der Waals surface area contributed by atoms with Gasteiger partial charge in [-0.3, -0.25) is 15.0 Å². The van der Waals surface area contributed by atoms with Crippen molar-refractivity contribution in [3.8, 4) is 11.3 Å². The van der Waals surface area contributed by atoms with Gasteiger partial charge in [0.2, 0.25) is 5.91 Å². The summed E-state index contributed by atoms with van der Waals surface area (Å²) >= 11 is 0. The zero-order valence-corrected chi connectivity index (χ0v) is 13.8. The lowest BCUT2D eigenvalue weighted by Crippen LogP contribution is -2.13. The summed E-state index contributed by atoms with van der Waals surface area (Å²) < 4.78 is 1.82. The van der Waals surface area contributed by atoms with Crippen LogP contribution in [0.3, 0.4) is 0 Å². The van der Waals surface area contributed by atoms with Gasteiger partial charge in [0.1, 0.15) is 11.5 Å². The SMILES string of the molecule is N=C(N)c1ccc(-c2cn3ccc(NC(=O)CCC(=O)O)cc3n2)cc1. The number of fused-ring (bicyclic) bond motifs is 1. The number of aromatic nitrogens is 2. The molecule has 0 radical (unpaired) electrons. The van der Waals surface area contributed by atoms with E-state index in [0.29, 0.717) is 16.9 Å². The van der Waals surface area contributed by atoms with Crippen LogP contribution in [0.4, 0.5) is 5.69 Å². The van der Waals surface area contributed by atoms with Crippen LogP contribution in [0.15, 0.2) is 48.8 Å². The number of benzene rings is 1. The number of carbonyl (C=O) groups is 2. The monoisotopic (exact) mass is 351 g/mol. The van der Waals surface area contributed by atoms with Crippen LogP contribution in [-0.4, -0.2) is 32.2 Å². The Morgan fingerprint density at radius 1 is 1.19 bits per heavy atom. The maximum atomic E-state index is 11.7. The van der Waals surface area contributed by atoms with E-state index in [1.165, 1.54) is 0 Å². The minimum atomic E-state index is -1.01. The normalized spacial score (nSPS) is 10.6. The molecule has 1 amide bonds. The number of nitrogen functional groups attached to an aromatic ring is 1. The van der Waals surface area contributed by atoms with Crippen LogP contribution >= 0.6 is 0 Å². The molecule has 0 aliphatic carbocycles. The van der Waals surface area contributed by atoms with Gasteiger partial charge in [-0.25, -0.2) is 4.98 Å². The number of aliphatic carboxylic acids is 1. The zero-order chi connectivity index (χ0) is 18.7. The predicted molar refractivity (Wildman–Crippen MR) is 97.1 cm³/mol. The largest absolute Gasteiger partial charge is 0.481 e. The van der Waals surface area contributed by atoms with E-state index in [9.17, 15) is 9.59 Å². The average molecular weight is 351 g/mol. The van der Waals surface area contributed by atoms with Gasteiger partial charge in [-0.15, -0.1) is 0 Å². The molecule has 0 spiro atoms. The van der Waals surface area contributed by atoms with Crippen LogP contribution in [0.5, 0.6) is 0 Å². The van der Waals surface area contributed by atoms with Gasteiger partial charge in [0.15, 0.2) is 0 Å². The number of nitrogens with two attached hydrogens (primary N) is 1. The van der Waals surface area contributed by atoms with E-state index in [0.717, 1.165) is 11.3 Å². The summed E-state index contributed by atoms with van der Waals surface area (Å²) in [6, 6.07) is 10.6. The molecule has 0 aliphatic heterocycles. The first-order valence-electron chi connectivity index (χ1n) is 7.87. The molecule has 2 aromatic heterocycles. The third-order valence-corrected chi connectivity index (χ3v) is 3.80. The first-order valence-corrected chi connectivity index (χ1v) is 7.87. The minimum absolute atomic E-state index is 0.00910. The molecular formula is C18H17N5O3. The maximum Gasteiger partial charge on any atom is 0.303 e. The molecule has 0 atom stereocenters. The molecule has 26 heavy (non-hydrogen) atoms. The van der Waals surface area contributed by atoms with Crippen molar-refractivity contribution < 1.29 is 14.7 Å². The fraction of sp³-hybridized carbons (Fsp3) is 0.111. The second kappa shape index (κ2) is 7.06. The number of carboxylic acids is 1. The number of anilines is 1. The van der Waals surface area contributed by atoms with E-state index in [1.807, 2.05) is 22.7 Å². The number of carbonyl (C=O) groups excluding carboxylic acids is 1. The molecule has 132 valence electrons. The Kier molecular flexibility index (Phi) is 4.66. The Bertz CT molecular complexity index is 992. The van der Waals surface area contributed by atoms with E-state index in [4.69, 9.17) is 16.2 Å². The van der Waals surface area contributed by atoms with Crippen molar-refractivity contribution in [2.24, 2.45) is 5.73 Å². The summed E-state index contributed by atoms with van der Waals surface area (Å²) in [7, 11) is 0. The van der Waals surface area contributed by atoms with Crippen LogP contribution in [0, 0.1) is 5.41 Å². The van der Waals surface area contributed by atoms with Crippen molar-refractivity contribution in [3.63, 3.8) is 0 Å². The second-order valence-corrected chi connectivity index (χ2v) is 5.74. The fourth-order valence-corrected chi connectivity index (χ4v) is 2.46. The molecule has 3 rings (SSSR count). The van der Waals surface area contributed by atoms with Gasteiger partial charge in [0, 0.05) is 41.7 Å². The van der Waals surface area contributed by atoms with Gasteiger partial charge in [-0.2, -0.15) is 0 Å². The van der Waals surface area contributed by atoms with Crippen molar-refractivity contribution >= 4 is 29.0 Å². The molecule has 2 heterocycles. The zero-order valence-electron chi connectivity index (χ0n) is 13.8. The number of amides is 1. The lowest BCUT2D eigenvalue weighted by atomic mass is 10.1. The van der Waals surface area contributed by atoms with E-state index in [-0.39, 0.29) is 24.6 Å². The summed E-state index contributed by atoms with van der Waals surface area (Å²) in [6.07, 6.45) is 3.33. The van der Waals surface area contributed by atoms with Gasteiger partial charge in [-0.1, -0.05) is 24.3 Å². The number of nitrogens with zero attached hydrogens (tertiary/aromatic N) is 2. The Hall–Kier alpha value is -3.68. The Balaban J connectivity index is 1.79. The first kappa shape index (κ1) is 17.2. The average Bonchev–Trinajstić information content (AvgIpc) is 3.03. The molecule has 8 heteroatoms. The third-order valence-electron chi connectivity index (χ3n) is 3.80. The van der Waals surface area contributed by atoms with E-state index in [1.54, 1.807) is 30.5 Å². The van der Waals surface area contributed by atoms with Crippen LogP contribution < -0.4 is 11.1 Å². The first-order chi connectivity index (χ1) is 12.4. The molecule has 0 saturated carbocycles. The number of hydrogen-bond acceptors (Lipinski definition) is 4. The molecule has 8 nitrogen and oxygen atoms in total. The number of pyridine rings is 1. The summed E-state index contributed by atoms with van der Waals surface area (Å²) in [5.74, 6) is -1.36. The maximum absolute atomic E-state index is 11.7. The Labute approximate surface area is 148 Å². The quantitative estimate of drug-likeness (QED) is 0.398. The molecule has 1 aromatic carbocycles. The number of imidazole rings is 1. The van der Waals surface area contributed by atoms with Crippen molar-refractivity contribution in [3.05, 3.63) is 54.4 Å². The van der Waals surface area contributed by atoms with Crippen molar-refractivity contribution in [2.45, 2.75) is 12.8 Å². The number of amidine groups is 1. The van der Waals surface area contributed by atoms with Crippen LogP contribution in [0.1, 0.15) is 18.4 Å². The predicted octanol–water partition coefficient (Wildman–Crippen LogP) is 2.09. The highest BCUT2D eigenvalue weighted by Crippen LogP contribution is 2.21. The fourth-order valence-electron chi connectivity index (χ4n) is 2.46. The van der Waals surface area contributed by atoms with Crippen LogP contribution in [0.2, 0.25) is 0 Å². The van der Waals surface area contributed by atoms with Crippen LogP contribution in [0.25, 0.3) is 16.9 Å². The summed E-state index contributed by atoms with van der Waals surface area (Å²) in [5.41, 5.74) is 8.92. The van der Waals surface area contributed by atoms with Crippen LogP contribution in [-0.2, 0) is 9.59 Å². The van der Waals surface area contributed by atoms with Crippen molar-refractivity contribution in [2.75, 3.05) is 5.32 Å². The number of carboxylic acid groups (broad SMARTS) is 1. The minimum Gasteiger partial charge on any atom is -0.481 e. The van der Waals surface area contributed by atoms with Gasteiger partial charge in [-0.05, 0) is 6.07 Å². The molecule has 0 fully saturated rings. The molecule has 0 unspecified atom stereocenters. The Morgan fingerprint density at radius 2 is 1.92 bits per heavy atom. The molecular weight excluding hydrogens is 334 g/mol. The Morgan fingerprint density at radius 3 is 2.58 bits per heavy atom. The van der Waals surface area contributed by atoms with Gasteiger partial charge >= 0.3 is 5.97 Å². The number of rotatable bonds is 6. The van der Waals surface area contributed by atoms with E-state index in [2.05, 4.69) is 10.3 Å². The highest BCUT2D eigenvalue weighted by Gasteiger charge is 2.09. The van der Waals surface area contributed by atoms with Crippen molar-refractivity contribution in [1.82, 2.24) is 9.38 Å². The second-order valence-electron chi connectivity index (χ2n) is 5.74.